The molecule has 2 saturated heterocycles. The molecule has 382 valence electrons. The van der Waals surface area contributed by atoms with E-state index in [9.17, 15) is 55.5 Å². The van der Waals surface area contributed by atoms with Gasteiger partial charge in [-0.05, 0) is 46.5 Å². The SMILES string of the molecule is C/C=C/C=C/C=C/C=C/C=C/C=C/C=C/[C@@H](C[C@@H]1O[C@](O)(C[C@@H](O)C[C@@H](O)[C@H](O)CC[C@@H](O)C[C@@H](O)CC(=O)O[C@@H](C)[C@H](C)CO)CCC1NC(=O)NCCN)OC1OC(C)C(O)C(N)C1O. The highest BCUT2D eigenvalue weighted by Crippen LogP contribution is 2.35. The van der Waals surface area contributed by atoms with Gasteiger partial charge in [0.15, 0.2) is 12.1 Å². The number of allylic oxidation sites excluding steroid dienone is 13. The summed E-state index contributed by atoms with van der Waals surface area (Å²) in [6.45, 7) is 7.04. The zero-order valence-electron chi connectivity index (χ0n) is 39.4. The fourth-order valence-corrected chi connectivity index (χ4v) is 7.30. The second-order valence-corrected chi connectivity index (χ2v) is 17.4. The lowest BCUT2D eigenvalue weighted by Gasteiger charge is -2.44. The van der Waals surface area contributed by atoms with E-state index in [4.69, 9.17) is 30.4 Å². The third-order valence-electron chi connectivity index (χ3n) is 11.5. The molecular formula is C48H80N4O15. The van der Waals surface area contributed by atoms with Gasteiger partial charge in [-0.1, -0.05) is 92.0 Å². The van der Waals surface area contributed by atoms with Crippen LogP contribution in [0.15, 0.2) is 85.1 Å². The van der Waals surface area contributed by atoms with E-state index in [1.807, 2.05) is 67.7 Å². The highest BCUT2D eigenvalue weighted by atomic mass is 16.7. The molecule has 2 fully saturated rings. The molecule has 0 aromatic heterocycles. The van der Waals surface area contributed by atoms with E-state index in [2.05, 4.69) is 10.6 Å². The minimum atomic E-state index is -1.98. The number of hydrogen-bond donors (Lipinski definition) is 13. The Morgan fingerprint density at radius 2 is 1.46 bits per heavy atom. The summed E-state index contributed by atoms with van der Waals surface area (Å²) in [5.41, 5.74) is 11.7. The molecule has 2 amide bonds. The molecule has 15 N–H and O–H groups in total. The van der Waals surface area contributed by atoms with Crippen molar-refractivity contribution in [1.82, 2.24) is 10.6 Å². The summed E-state index contributed by atoms with van der Waals surface area (Å²) in [5.74, 6) is -2.97. The lowest BCUT2D eigenvalue weighted by Crippen LogP contribution is -2.62. The van der Waals surface area contributed by atoms with Gasteiger partial charge in [0, 0.05) is 51.3 Å². The number of carbonyl (C=O) groups is 2. The number of carbonyl (C=O) groups excluding carboxylic acids is 2. The van der Waals surface area contributed by atoms with E-state index in [1.165, 1.54) is 0 Å². The first-order chi connectivity index (χ1) is 31.8. The summed E-state index contributed by atoms with van der Waals surface area (Å²) in [6.07, 6.45) is 10.5. The topological polar surface area (TPSA) is 329 Å². The monoisotopic (exact) mass is 953 g/mol. The van der Waals surface area contributed by atoms with Crippen LogP contribution in [0, 0.1) is 5.92 Å². The number of aliphatic hydroxyl groups excluding tert-OH is 8. The van der Waals surface area contributed by atoms with Crippen LogP contribution in [0.3, 0.4) is 0 Å². The average Bonchev–Trinajstić information content (AvgIpc) is 3.27. The maximum absolute atomic E-state index is 12.8. The number of urea groups is 1. The van der Waals surface area contributed by atoms with Crippen molar-refractivity contribution < 1.29 is 74.5 Å². The molecule has 0 aliphatic carbocycles. The first-order valence-electron chi connectivity index (χ1n) is 23.2. The lowest BCUT2D eigenvalue weighted by atomic mass is 9.89. The molecule has 19 nitrogen and oxygen atoms in total. The van der Waals surface area contributed by atoms with Gasteiger partial charge in [0.05, 0.1) is 73.4 Å². The third-order valence-corrected chi connectivity index (χ3v) is 11.5. The lowest BCUT2D eigenvalue weighted by molar-refractivity contribution is -0.292. The van der Waals surface area contributed by atoms with Crippen LogP contribution < -0.4 is 22.1 Å². The Balaban J connectivity index is 2.17. The highest BCUT2D eigenvalue weighted by Gasteiger charge is 2.45. The summed E-state index contributed by atoms with van der Waals surface area (Å²) in [7, 11) is 0. The predicted octanol–water partition coefficient (Wildman–Crippen LogP) is 0.668. The number of aliphatic hydroxyl groups is 9. The molecule has 0 aromatic rings. The molecule has 0 bridgehead atoms. The summed E-state index contributed by atoms with van der Waals surface area (Å²) in [6, 6.07) is -2.32. The Morgan fingerprint density at radius 3 is 2.06 bits per heavy atom. The third kappa shape index (κ3) is 23.5. The molecular weight excluding hydrogens is 873 g/mol. The van der Waals surface area contributed by atoms with Gasteiger partial charge in [0.1, 0.15) is 12.2 Å². The fraction of sp³-hybridized carbons (Fsp3) is 0.667. The van der Waals surface area contributed by atoms with Crippen LogP contribution in [0.5, 0.6) is 0 Å². The molecule has 19 heteroatoms. The Morgan fingerprint density at radius 1 is 0.851 bits per heavy atom. The standard InChI is InChI=1S/C48H80N4O15/c1-5-6-7-8-9-10-11-12-13-14-15-16-17-18-37(66-46-45(61)43(50)44(60)33(4)65-46)28-41-38(52-47(62)51-24-23-49)21-22-48(63,67-41)29-36(56)26-40(58)39(57)20-19-34(54)25-35(55)27-42(59)64-32(3)31(2)30-53/h5-18,31-41,43-46,53-58,60-61,63H,19-30,49-50H2,1-4H3,(H2,51,52,62)/b6-5+,8-7+,10-9+,12-11+,14-13+,16-15+,18-17+/t31-,32+,33?,34-,35-,36+,37+,38?,39-,40-,41+,43?,44?,45?,46?,48+/m1/s1. The van der Waals surface area contributed by atoms with Crippen molar-refractivity contribution in [2.75, 3.05) is 19.7 Å². The Labute approximate surface area is 395 Å². The maximum atomic E-state index is 12.8. The molecule has 0 saturated carbocycles. The van der Waals surface area contributed by atoms with E-state index < -0.39 is 110 Å². The van der Waals surface area contributed by atoms with Crippen molar-refractivity contribution >= 4 is 12.0 Å². The van der Waals surface area contributed by atoms with E-state index in [-0.39, 0.29) is 77.0 Å². The number of ether oxygens (including phenoxy) is 4. The second-order valence-electron chi connectivity index (χ2n) is 17.4. The molecule has 2 heterocycles. The number of esters is 1. The fourth-order valence-electron chi connectivity index (χ4n) is 7.30. The van der Waals surface area contributed by atoms with Crippen LogP contribution >= 0.6 is 0 Å². The number of nitrogens with two attached hydrogens (primary N) is 2. The molecule has 0 radical (unpaired) electrons. The van der Waals surface area contributed by atoms with Crippen LogP contribution in [0.2, 0.25) is 0 Å². The van der Waals surface area contributed by atoms with E-state index in [0.717, 1.165) is 0 Å². The van der Waals surface area contributed by atoms with E-state index in [0.29, 0.717) is 0 Å². The van der Waals surface area contributed by atoms with Gasteiger partial charge in [0.25, 0.3) is 0 Å². The Hall–Kier alpha value is -3.64. The van der Waals surface area contributed by atoms with Crippen molar-refractivity contribution in [2.24, 2.45) is 17.4 Å². The number of hydrogen-bond acceptors (Lipinski definition) is 17. The van der Waals surface area contributed by atoms with Crippen LogP contribution in [0.4, 0.5) is 4.79 Å². The Kier molecular flexibility index (Phi) is 28.6. The molecule has 0 aromatic carbocycles. The normalized spacial score (nSPS) is 29.0. The summed E-state index contributed by atoms with van der Waals surface area (Å²) in [4.78, 5) is 25.0. The zero-order chi connectivity index (χ0) is 49.9. The van der Waals surface area contributed by atoms with E-state index in [1.54, 1.807) is 45.1 Å². The minimum absolute atomic E-state index is 0.0294. The molecule has 2 rings (SSSR count). The number of nitrogens with one attached hydrogen (secondary N) is 2. The van der Waals surface area contributed by atoms with Crippen LogP contribution in [-0.4, -0.2) is 169 Å². The van der Waals surface area contributed by atoms with Crippen molar-refractivity contribution in [1.29, 1.82) is 0 Å². The average molecular weight is 953 g/mol. The van der Waals surface area contributed by atoms with Crippen LogP contribution in [0.1, 0.15) is 85.5 Å². The van der Waals surface area contributed by atoms with Crippen molar-refractivity contribution in [3.8, 4) is 0 Å². The molecule has 2 aliphatic heterocycles. The number of amides is 2. The van der Waals surface area contributed by atoms with Crippen molar-refractivity contribution in [3.63, 3.8) is 0 Å². The second kappa shape index (κ2) is 32.2. The van der Waals surface area contributed by atoms with Crippen LogP contribution in [-0.2, 0) is 23.7 Å². The zero-order valence-corrected chi connectivity index (χ0v) is 39.4. The maximum Gasteiger partial charge on any atom is 0.315 e. The summed E-state index contributed by atoms with van der Waals surface area (Å²) < 4.78 is 23.5. The quantitative estimate of drug-likeness (QED) is 0.0362. The molecule has 67 heavy (non-hydrogen) atoms. The van der Waals surface area contributed by atoms with Crippen LogP contribution in [0.25, 0.3) is 0 Å². The molecule has 2 aliphatic rings. The van der Waals surface area contributed by atoms with Gasteiger partial charge >= 0.3 is 12.0 Å². The van der Waals surface area contributed by atoms with Gasteiger partial charge in [-0.15, -0.1) is 0 Å². The summed E-state index contributed by atoms with van der Waals surface area (Å²) in [5, 5.41) is 101. The van der Waals surface area contributed by atoms with Gasteiger partial charge in [-0.3, -0.25) is 4.79 Å². The first kappa shape index (κ1) is 59.5. The smallest absolute Gasteiger partial charge is 0.315 e. The summed E-state index contributed by atoms with van der Waals surface area (Å²) >= 11 is 0. The Bertz CT molecular complexity index is 1630. The van der Waals surface area contributed by atoms with Gasteiger partial charge in [0.2, 0.25) is 0 Å². The minimum Gasteiger partial charge on any atom is -0.462 e. The molecule has 16 atom stereocenters. The van der Waals surface area contributed by atoms with Crippen molar-refractivity contribution in [3.05, 3.63) is 85.1 Å². The molecule has 6 unspecified atom stereocenters. The van der Waals surface area contributed by atoms with Gasteiger partial charge in [-0.2, -0.15) is 0 Å². The largest absolute Gasteiger partial charge is 0.462 e. The highest BCUT2D eigenvalue weighted by molar-refractivity contribution is 5.74. The van der Waals surface area contributed by atoms with E-state index >= 15 is 0 Å². The number of rotatable bonds is 29. The van der Waals surface area contributed by atoms with Gasteiger partial charge in [-0.25, -0.2) is 4.79 Å². The predicted molar refractivity (Wildman–Crippen MR) is 251 cm³/mol. The molecule has 0 spiro atoms. The van der Waals surface area contributed by atoms with Crippen molar-refractivity contribution in [2.45, 2.75) is 177 Å². The first-order valence-corrected chi connectivity index (χ1v) is 23.2. The van der Waals surface area contributed by atoms with Gasteiger partial charge < -0.3 is 87.0 Å².